The highest BCUT2D eigenvalue weighted by atomic mass is 16.5. The lowest BCUT2D eigenvalue weighted by Gasteiger charge is -2.03. The number of aromatic nitrogens is 1. The number of aliphatic carboxylic acids is 1. The molecule has 76 valence electrons. The first-order valence-electron chi connectivity index (χ1n) is 4.01. The molecule has 0 aliphatic rings. The molecule has 1 N–H and O–H groups in total. The summed E-state index contributed by atoms with van der Waals surface area (Å²) in [5.74, 6) is -1.40. The van der Waals surface area contributed by atoms with Crippen molar-refractivity contribution in [1.29, 1.82) is 0 Å². The molecule has 0 aliphatic carbocycles. The predicted molar refractivity (Wildman–Crippen MR) is 48.1 cm³/mol. The van der Waals surface area contributed by atoms with Gasteiger partial charge in [0, 0.05) is 12.7 Å². The Kier molecular flexibility index (Phi) is 2.91. The zero-order valence-electron chi connectivity index (χ0n) is 7.98. The molecule has 0 spiro atoms. The van der Waals surface area contributed by atoms with Crippen molar-refractivity contribution < 1.29 is 19.4 Å². The molecule has 0 saturated heterocycles. The van der Waals surface area contributed by atoms with Crippen LogP contribution in [-0.4, -0.2) is 28.7 Å². The molecule has 0 aromatic carbocycles. The molecule has 14 heavy (non-hydrogen) atoms. The van der Waals surface area contributed by atoms with Gasteiger partial charge in [-0.05, 0) is 12.1 Å². The second-order valence-electron chi connectivity index (χ2n) is 2.83. The molecular formula is C9H11NO4. The van der Waals surface area contributed by atoms with Crippen LogP contribution in [0.2, 0.25) is 0 Å². The topological polar surface area (TPSA) is 68.5 Å². The van der Waals surface area contributed by atoms with Crippen LogP contribution in [0.5, 0.6) is 0 Å². The van der Waals surface area contributed by atoms with Gasteiger partial charge in [-0.15, -0.1) is 0 Å². The number of methoxy groups -OCH3 is 1. The van der Waals surface area contributed by atoms with Gasteiger partial charge in [-0.3, -0.25) is 4.79 Å². The zero-order valence-corrected chi connectivity index (χ0v) is 7.98. The van der Waals surface area contributed by atoms with Crippen molar-refractivity contribution in [1.82, 2.24) is 4.57 Å². The number of nitrogens with zero attached hydrogens (tertiary/aromatic N) is 1. The summed E-state index contributed by atoms with van der Waals surface area (Å²) < 4.78 is 6.04. The number of hydrogen-bond donors (Lipinski definition) is 1. The summed E-state index contributed by atoms with van der Waals surface area (Å²) in [6, 6.07) is 3.14. The highest BCUT2D eigenvalue weighted by molar-refractivity contribution is 5.88. The SMILES string of the molecule is COC(=O)c1ccc(CC(=O)O)n1C. The lowest BCUT2D eigenvalue weighted by molar-refractivity contribution is -0.136. The first-order chi connectivity index (χ1) is 6.56. The molecule has 1 aromatic heterocycles. The van der Waals surface area contributed by atoms with Crippen LogP contribution in [0.4, 0.5) is 0 Å². The minimum absolute atomic E-state index is 0.104. The standard InChI is InChI=1S/C9H11NO4/c1-10-6(5-8(11)12)3-4-7(10)9(13)14-2/h3-4H,5H2,1-2H3,(H,11,12). The van der Waals surface area contributed by atoms with Crippen molar-refractivity contribution in [3.8, 4) is 0 Å². The molecule has 1 heterocycles. The van der Waals surface area contributed by atoms with Gasteiger partial charge in [0.25, 0.3) is 0 Å². The van der Waals surface area contributed by atoms with Gasteiger partial charge in [-0.2, -0.15) is 0 Å². The Morgan fingerprint density at radius 2 is 2.14 bits per heavy atom. The maximum atomic E-state index is 11.1. The fourth-order valence-corrected chi connectivity index (χ4v) is 1.20. The van der Waals surface area contributed by atoms with E-state index in [2.05, 4.69) is 4.74 Å². The van der Waals surface area contributed by atoms with Crippen LogP contribution in [0.25, 0.3) is 0 Å². The molecule has 0 unspecified atom stereocenters. The van der Waals surface area contributed by atoms with Crippen LogP contribution >= 0.6 is 0 Å². The van der Waals surface area contributed by atoms with E-state index in [0.29, 0.717) is 11.4 Å². The molecule has 0 bridgehead atoms. The van der Waals surface area contributed by atoms with Crippen LogP contribution < -0.4 is 0 Å². The van der Waals surface area contributed by atoms with Crippen LogP contribution in [0.15, 0.2) is 12.1 Å². The lowest BCUT2D eigenvalue weighted by atomic mass is 10.3. The van der Waals surface area contributed by atoms with Crippen molar-refractivity contribution in [3.05, 3.63) is 23.5 Å². The lowest BCUT2D eigenvalue weighted by Crippen LogP contribution is -2.11. The number of carboxylic acid groups (broad SMARTS) is 1. The first kappa shape index (κ1) is 10.3. The van der Waals surface area contributed by atoms with Gasteiger partial charge in [0.05, 0.1) is 13.5 Å². The van der Waals surface area contributed by atoms with E-state index in [1.165, 1.54) is 11.7 Å². The zero-order chi connectivity index (χ0) is 10.7. The Balaban J connectivity index is 2.96. The van der Waals surface area contributed by atoms with Crippen molar-refractivity contribution in [2.75, 3.05) is 7.11 Å². The van der Waals surface area contributed by atoms with Crippen molar-refractivity contribution >= 4 is 11.9 Å². The fraction of sp³-hybridized carbons (Fsp3) is 0.333. The number of rotatable bonds is 3. The second-order valence-corrected chi connectivity index (χ2v) is 2.83. The van der Waals surface area contributed by atoms with Gasteiger partial charge >= 0.3 is 11.9 Å². The highest BCUT2D eigenvalue weighted by Gasteiger charge is 2.13. The van der Waals surface area contributed by atoms with E-state index in [4.69, 9.17) is 5.11 Å². The minimum Gasteiger partial charge on any atom is -0.481 e. The van der Waals surface area contributed by atoms with E-state index in [1.807, 2.05) is 0 Å². The van der Waals surface area contributed by atoms with E-state index in [-0.39, 0.29) is 6.42 Å². The summed E-state index contributed by atoms with van der Waals surface area (Å²) in [5.41, 5.74) is 0.918. The van der Waals surface area contributed by atoms with E-state index in [1.54, 1.807) is 19.2 Å². The van der Waals surface area contributed by atoms with Gasteiger partial charge < -0.3 is 14.4 Å². The van der Waals surface area contributed by atoms with Crippen LogP contribution in [0, 0.1) is 0 Å². The van der Waals surface area contributed by atoms with Gasteiger partial charge in [0.15, 0.2) is 0 Å². The van der Waals surface area contributed by atoms with Crippen LogP contribution in [-0.2, 0) is 23.0 Å². The van der Waals surface area contributed by atoms with Crippen molar-refractivity contribution in [2.45, 2.75) is 6.42 Å². The summed E-state index contributed by atoms with van der Waals surface area (Å²) in [4.78, 5) is 21.6. The number of hydrogen-bond acceptors (Lipinski definition) is 3. The summed E-state index contributed by atoms with van der Waals surface area (Å²) in [7, 11) is 2.91. The average Bonchev–Trinajstić information content (AvgIpc) is 2.46. The van der Waals surface area contributed by atoms with Gasteiger partial charge in [0.1, 0.15) is 5.69 Å². The van der Waals surface area contributed by atoms with Gasteiger partial charge in [-0.25, -0.2) is 4.79 Å². The quantitative estimate of drug-likeness (QED) is 0.714. The molecule has 1 aromatic rings. The Bertz CT molecular complexity index is 367. The van der Waals surface area contributed by atoms with E-state index in [0.717, 1.165) is 0 Å². The molecule has 0 aliphatic heterocycles. The molecule has 1 rings (SSSR count). The van der Waals surface area contributed by atoms with E-state index in [9.17, 15) is 9.59 Å². The summed E-state index contributed by atoms with van der Waals surface area (Å²) in [5, 5.41) is 8.57. The third-order valence-electron chi connectivity index (χ3n) is 1.95. The van der Waals surface area contributed by atoms with Crippen molar-refractivity contribution in [2.24, 2.45) is 7.05 Å². The molecule has 5 heteroatoms. The first-order valence-corrected chi connectivity index (χ1v) is 4.01. The highest BCUT2D eigenvalue weighted by Crippen LogP contribution is 2.08. The normalized spacial score (nSPS) is 9.86. The van der Waals surface area contributed by atoms with E-state index < -0.39 is 11.9 Å². The van der Waals surface area contributed by atoms with Gasteiger partial charge in [-0.1, -0.05) is 0 Å². The molecular weight excluding hydrogens is 186 g/mol. The van der Waals surface area contributed by atoms with Crippen LogP contribution in [0.1, 0.15) is 16.2 Å². The maximum absolute atomic E-state index is 11.1. The number of carboxylic acids is 1. The Labute approximate surface area is 80.9 Å². The number of carbonyl (C=O) groups is 2. The Morgan fingerprint density at radius 3 is 2.64 bits per heavy atom. The van der Waals surface area contributed by atoms with E-state index >= 15 is 0 Å². The summed E-state index contributed by atoms with van der Waals surface area (Å²) in [6.07, 6.45) is -0.104. The Morgan fingerprint density at radius 1 is 1.50 bits per heavy atom. The maximum Gasteiger partial charge on any atom is 0.354 e. The summed E-state index contributed by atoms with van der Waals surface area (Å²) in [6.45, 7) is 0. The average molecular weight is 197 g/mol. The molecule has 5 nitrogen and oxygen atoms in total. The minimum atomic E-state index is -0.928. The molecule has 0 amide bonds. The molecule has 0 atom stereocenters. The van der Waals surface area contributed by atoms with Crippen LogP contribution in [0.3, 0.4) is 0 Å². The fourth-order valence-electron chi connectivity index (χ4n) is 1.20. The third-order valence-corrected chi connectivity index (χ3v) is 1.95. The third kappa shape index (κ3) is 1.93. The predicted octanol–water partition coefficient (Wildman–Crippen LogP) is 0.439. The molecule has 0 fully saturated rings. The number of esters is 1. The molecule has 0 saturated carbocycles. The number of carbonyl (C=O) groups excluding carboxylic acids is 1. The van der Waals surface area contributed by atoms with Gasteiger partial charge in [0.2, 0.25) is 0 Å². The number of ether oxygens (including phenoxy) is 1. The van der Waals surface area contributed by atoms with Crippen molar-refractivity contribution in [3.63, 3.8) is 0 Å². The summed E-state index contributed by atoms with van der Waals surface area (Å²) >= 11 is 0. The monoisotopic (exact) mass is 197 g/mol. The Hall–Kier alpha value is -1.78. The largest absolute Gasteiger partial charge is 0.481 e. The molecule has 0 radical (unpaired) electrons. The smallest absolute Gasteiger partial charge is 0.354 e. The second kappa shape index (κ2) is 3.95.